The van der Waals surface area contributed by atoms with Gasteiger partial charge in [0.2, 0.25) is 5.91 Å². The Morgan fingerprint density at radius 3 is 2.72 bits per heavy atom. The van der Waals surface area contributed by atoms with Gasteiger partial charge in [-0.2, -0.15) is 0 Å². The zero-order valence-electron chi connectivity index (χ0n) is 13.7. The molecule has 8 nitrogen and oxygen atoms in total. The molecule has 0 bridgehead atoms. The van der Waals surface area contributed by atoms with Crippen molar-refractivity contribution in [3.8, 4) is 0 Å². The van der Waals surface area contributed by atoms with E-state index in [1.165, 1.54) is 17.9 Å². The van der Waals surface area contributed by atoms with Gasteiger partial charge in [0.15, 0.2) is 11.2 Å². The third kappa shape index (κ3) is 3.20. The third-order valence-electron chi connectivity index (χ3n) is 3.91. The highest BCUT2D eigenvalue weighted by Gasteiger charge is 2.14. The minimum absolute atomic E-state index is 0.143. The van der Waals surface area contributed by atoms with Gasteiger partial charge in [0.1, 0.15) is 0 Å². The van der Waals surface area contributed by atoms with Gasteiger partial charge in [-0.1, -0.05) is 17.7 Å². The molecule has 0 spiro atoms. The summed E-state index contributed by atoms with van der Waals surface area (Å²) < 4.78 is 3.90. The normalized spacial score (nSPS) is 11.0. The molecule has 0 radical (unpaired) electrons. The Morgan fingerprint density at radius 1 is 1.24 bits per heavy atom. The molecular formula is C16H16ClN5O3. The predicted octanol–water partition coefficient (Wildman–Crippen LogP) is 1.12. The van der Waals surface area contributed by atoms with Crippen LogP contribution in [-0.2, 0) is 25.4 Å². The average molecular weight is 362 g/mol. The summed E-state index contributed by atoms with van der Waals surface area (Å²) in [6.07, 6.45) is 1.60. The molecule has 3 aromatic rings. The van der Waals surface area contributed by atoms with Crippen LogP contribution in [0.1, 0.15) is 6.42 Å². The van der Waals surface area contributed by atoms with Crippen LogP contribution in [0.3, 0.4) is 0 Å². The summed E-state index contributed by atoms with van der Waals surface area (Å²) in [5.41, 5.74) is 0.308. The van der Waals surface area contributed by atoms with E-state index in [0.29, 0.717) is 21.9 Å². The maximum absolute atomic E-state index is 12.3. The highest BCUT2D eigenvalue weighted by atomic mass is 35.5. The van der Waals surface area contributed by atoms with Crippen molar-refractivity contribution in [3.63, 3.8) is 0 Å². The van der Waals surface area contributed by atoms with Gasteiger partial charge in [-0.3, -0.25) is 18.7 Å². The second-order valence-electron chi connectivity index (χ2n) is 5.62. The summed E-state index contributed by atoms with van der Waals surface area (Å²) in [5, 5.41) is 3.27. The van der Waals surface area contributed by atoms with E-state index >= 15 is 0 Å². The Balaban J connectivity index is 1.81. The van der Waals surface area contributed by atoms with Gasteiger partial charge in [0, 0.05) is 37.8 Å². The fourth-order valence-electron chi connectivity index (χ4n) is 2.58. The number of fused-ring (bicyclic) bond motifs is 1. The highest BCUT2D eigenvalue weighted by Crippen LogP contribution is 2.15. The van der Waals surface area contributed by atoms with E-state index in [0.717, 1.165) is 4.57 Å². The van der Waals surface area contributed by atoms with E-state index in [4.69, 9.17) is 11.6 Å². The first-order valence-electron chi connectivity index (χ1n) is 7.54. The fraction of sp³-hybridized carbons (Fsp3) is 0.250. The smallest absolute Gasteiger partial charge is 0.326 e. The zero-order chi connectivity index (χ0) is 18.1. The van der Waals surface area contributed by atoms with Gasteiger partial charge in [0.05, 0.1) is 6.33 Å². The van der Waals surface area contributed by atoms with Gasteiger partial charge in [-0.05, 0) is 18.2 Å². The van der Waals surface area contributed by atoms with E-state index in [1.807, 2.05) is 0 Å². The van der Waals surface area contributed by atoms with E-state index in [-0.39, 0.29) is 18.9 Å². The number of hydrogen-bond donors (Lipinski definition) is 1. The number of hydrogen-bond acceptors (Lipinski definition) is 4. The third-order valence-corrected chi connectivity index (χ3v) is 4.14. The molecule has 9 heteroatoms. The number of aryl methyl sites for hydroxylation is 2. The number of halogens is 1. The number of nitrogens with one attached hydrogen (secondary N) is 1. The molecule has 2 heterocycles. The molecule has 0 saturated carbocycles. The van der Waals surface area contributed by atoms with Crippen LogP contribution in [-0.4, -0.2) is 24.6 Å². The summed E-state index contributed by atoms with van der Waals surface area (Å²) in [7, 11) is 2.96. The lowest BCUT2D eigenvalue weighted by atomic mass is 10.3. The molecule has 0 saturated heterocycles. The highest BCUT2D eigenvalue weighted by molar-refractivity contribution is 6.30. The molecule has 1 N–H and O–H groups in total. The van der Waals surface area contributed by atoms with Gasteiger partial charge in [0.25, 0.3) is 5.56 Å². The lowest BCUT2D eigenvalue weighted by Gasteiger charge is -2.08. The Hall–Kier alpha value is -2.87. The fourth-order valence-corrected chi connectivity index (χ4v) is 2.77. The van der Waals surface area contributed by atoms with Gasteiger partial charge in [-0.25, -0.2) is 9.78 Å². The first-order valence-corrected chi connectivity index (χ1v) is 7.92. The average Bonchev–Trinajstić information content (AvgIpc) is 3.00. The molecule has 0 atom stereocenters. The van der Waals surface area contributed by atoms with Crippen molar-refractivity contribution in [2.24, 2.45) is 14.1 Å². The van der Waals surface area contributed by atoms with E-state index in [1.54, 1.807) is 35.9 Å². The minimum atomic E-state index is -0.443. The van der Waals surface area contributed by atoms with Crippen molar-refractivity contribution in [1.29, 1.82) is 0 Å². The van der Waals surface area contributed by atoms with Gasteiger partial charge in [-0.15, -0.1) is 0 Å². The van der Waals surface area contributed by atoms with Crippen molar-refractivity contribution in [2.75, 3.05) is 5.32 Å². The van der Waals surface area contributed by atoms with E-state index in [9.17, 15) is 14.4 Å². The van der Waals surface area contributed by atoms with Crippen LogP contribution in [0.25, 0.3) is 11.2 Å². The van der Waals surface area contributed by atoms with Crippen molar-refractivity contribution in [2.45, 2.75) is 13.0 Å². The molecule has 0 aliphatic heterocycles. The molecule has 25 heavy (non-hydrogen) atoms. The maximum atomic E-state index is 12.3. The number of amides is 1. The Kier molecular flexibility index (Phi) is 4.45. The second-order valence-corrected chi connectivity index (χ2v) is 6.06. The summed E-state index contributed by atoms with van der Waals surface area (Å²) in [4.78, 5) is 40.5. The molecule has 1 amide bonds. The van der Waals surface area contributed by atoms with Gasteiger partial charge < -0.3 is 9.88 Å². The maximum Gasteiger partial charge on any atom is 0.332 e. The van der Waals surface area contributed by atoms with Crippen LogP contribution in [0, 0.1) is 0 Å². The van der Waals surface area contributed by atoms with Crippen LogP contribution in [0.15, 0.2) is 40.2 Å². The Labute approximate surface area is 147 Å². The summed E-state index contributed by atoms with van der Waals surface area (Å²) in [6, 6.07) is 6.85. The number of rotatable bonds is 4. The Morgan fingerprint density at radius 2 is 2.00 bits per heavy atom. The molecule has 0 aliphatic rings. The number of imidazole rings is 1. The summed E-state index contributed by atoms with van der Waals surface area (Å²) in [6.45, 7) is 0.260. The van der Waals surface area contributed by atoms with Crippen LogP contribution in [0.5, 0.6) is 0 Å². The molecular weight excluding hydrogens is 346 g/mol. The first kappa shape index (κ1) is 17.0. The Bertz CT molecular complexity index is 1080. The van der Waals surface area contributed by atoms with E-state index in [2.05, 4.69) is 10.3 Å². The van der Waals surface area contributed by atoms with Crippen LogP contribution < -0.4 is 16.6 Å². The molecule has 3 rings (SSSR count). The number of carbonyl (C=O) groups is 1. The lowest BCUT2D eigenvalue weighted by molar-refractivity contribution is -0.116. The SMILES string of the molecule is Cn1c(=O)c2c(ncn2CCC(=O)Nc2cccc(Cl)c2)n(C)c1=O. The number of aromatic nitrogens is 4. The van der Waals surface area contributed by atoms with Crippen molar-refractivity contribution in [1.82, 2.24) is 18.7 Å². The standard InChI is InChI=1S/C16H16ClN5O3/c1-20-14-13(15(24)21(2)16(20)25)22(9-18-14)7-6-12(23)19-11-5-3-4-10(17)8-11/h3-5,8-9H,6-7H2,1-2H3,(H,19,23). The van der Waals surface area contributed by atoms with Crippen molar-refractivity contribution in [3.05, 3.63) is 56.5 Å². The second kappa shape index (κ2) is 6.56. The summed E-state index contributed by atoms with van der Waals surface area (Å²) in [5.74, 6) is -0.217. The zero-order valence-corrected chi connectivity index (χ0v) is 14.4. The number of carbonyl (C=O) groups excluding carboxylic acids is 1. The van der Waals surface area contributed by atoms with Crippen LogP contribution >= 0.6 is 11.6 Å². The largest absolute Gasteiger partial charge is 0.332 e. The topological polar surface area (TPSA) is 90.9 Å². The molecule has 130 valence electrons. The molecule has 0 fully saturated rings. The molecule has 0 unspecified atom stereocenters. The minimum Gasteiger partial charge on any atom is -0.326 e. The van der Waals surface area contributed by atoms with E-state index < -0.39 is 11.2 Å². The number of benzene rings is 1. The lowest BCUT2D eigenvalue weighted by Crippen LogP contribution is -2.37. The number of anilines is 1. The summed E-state index contributed by atoms with van der Waals surface area (Å²) >= 11 is 5.88. The molecule has 0 aliphatic carbocycles. The monoisotopic (exact) mass is 361 g/mol. The first-order chi connectivity index (χ1) is 11.9. The van der Waals surface area contributed by atoms with Crippen LogP contribution in [0.2, 0.25) is 5.02 Å². The number of nitrogens with zero attached hydrogens (tertiary/aromatic N) is 4. The van der Waals surface area contributed by atoms with Crippen LogP contribution in [0.4, 0.5) is 5.69 Å². The quantitative estimate of drug-likeness (QED) is 0.753. The molecule has 1 aromatic carbocycles. The van der Waals surface area contributed by atoms with Crippen molar-refractivity contribution >= 4 is 34.4 Å². The predicted molar refractivity (Wildman–Crippen MR) is 94.9 cm³/mol. The molecule has 2 aromatic heterocycles. The van der Waals surface area contributed by atoms with Gasteiger partial charge >= 0.3 is 5.69 Å². The van der Waals surface area contributed by atoms with Crippen molar-refractivity contribution < 1.29 is 4.79 Å².